The van der Waals surface area contributed by atoms with Crippen molar-refractivity contribution < 1.29 is 4.42 Å². The van der Waals surface area contributed by atoms with Gasteiger partial charge in [-0.1, -0.05) is 200 Å². The van der Waals surface area contributed by atoms with Gasteiger partial charge in [0.2, 0.25) is 0 Å². The number of hydrogen-bond donors (Lipinski definition) is 0. The van der Waals surface area contributed by atoms with E-state index in [1.54, 1.807) is 0 Å². The molecule has 0 spiro atoms. The van der Waals surface area contributed by atoms with Gasteiger partial charge in [-0.3, -0.25) is 0 Å². The number of benzene rings is 12. The first-order valence-electron chi connectivity index (χ1n) is 23.3. The summed E-state index contributed by atoms with van der Waals surface area (Å²) in [6.07, 6.45) is 0. The highest BCUT2D eigenvalue weighted by atomic mass is 16.3. The molecular formula is C66H43NO. The molecule has 0 aliphatic heterocycles. The maximum atomic E-state index is 6.48. The van der Waals surface area contributed by atoms with Gasteiger partial charge in [0.25, 0.3) is 0 Å². The molecule has 0 saturated heterocycles. The third kappa shape index (κ3) is 6.90. The van der Waals surface area contributed by atoms with Crippen LogP contribution < -0.4 is 4.90 Å². The second-order valence-electron chi connectivity index (χ2n) is 17.6. The molecule has 12 aromatic carbocycles. The minimum absolute atomic E-state index is 0.859. The molecule has 13 rings (SSSR count). The summed E-state index contributed by atoms with van der Waals surface area (Å²) in [7, 11) is 0. The monoisotopic (exact) mass is 865 g/mol. The highest BCUT2D eigenvalue weighted by molar-refractivity contribution is 6.22. The Hall–Kier alpha value is -8.98. The summed E-state index contributed by atoms with van der Waals surface area (Å²) in [5.41, 5.74) is 16.8. The van der Waals surface area contributed by atoms with E-state index in [1.807, 2.05) is 12.1 Å². The van der Waals surface area contributed by atoms with Gasteiger partial charge in [-0.05, 0) is 143 Å². The molecule has 0 radical (unpaired) electrons. The summed E-state index contributed by atoms with van der Waals surface area (Å²) in [5, 5.41) is 9.69. The molecule has 2 heteroatoms. The Morgan fingerprint density at radius 2 is 0.691 bits per heavy atom. The van der Waals surface area contributed by atoms with Gasteiger partial charge < -0.3 is 9.32 Å². The summed E-state index contributed by atoms with van der Waals surface area (Å²) in [6, 6.07) is 94.5. The average molecular weight is 866 g/mol. The first kappa shape index (κ1) is 39.4. The van der Waals surface area contributed by atoms with E-state index in [0.717, 1.165) is 55.7 Å². The Labute approximate surface area is 395 Å². The maximum absolute atomic E-state index is 6.48. The predicted octanol–water partition coefficient (Wildman–Crippen LogP) is 18.9. The lowest BCUT2D eigenvalue weighted by atomic mass is 9.84. The Balaban J connectivity index is 0.929. The van der Waals surface area contributed by atoms with E-state index in [-0.39, 0.29) is 0 Å². The largest absolute Gasteiger partial charge is 0.456 e. The highest BCUT2D eigenvalue weighted by Crippen LogP contribution is 2.46. The maximum Gasteiger partial charge on any atom is 0.137 e. The topological polar surface area (TPSA) is 16.4 Å². The SMILES string of the molecule is c1ccc(-c2c(-c3ccccc3)c3cc(-c4cccc(N(c5ccc(-c6ccc(-c7ccc8ccccc8c7)cc6)cc5)c5ccc6c(c5)oc5ccccc56)c4)ccc3c3ccccc23)cc1. The predicted molar refractivity (Wildman–Crippen MR) is 288 cm³/mol. The van der Waals surface area contributed by atoms with Crippen LogP contribution in [0.1, 0.15) is 0 Å². The summed E-state index contributed by atoms with van der Waals surface area (Å²) in [6.45, 7) is 0. The highest BCUT2D eigenvalue weighted by Gasteiger charge is 2.20. The Morgan fingerprint density at radius 3 is 1.44 bits per heavy atom. The van der Waals surface area contributed by atoms with Crippen molar-refractivity contribution in [3.05, 3.63) is 261 Å². The lowest BCUT2D eigenvalue weighted by Gasteiger charge is -2.26. The number of anilines is 3. The molecule has 1 aromatic heterocycles. The zero-order valence-corrected chi connectivity index (χ0v) is 37.2. The number of rotatable bonds is 8. The molecule has 0 unspecified atom stereocenters. The fraction of sp³-hybridized carbons (Fsp3) is 0. The van der Waals surface area contributed by atoms with Gasteiger partial charge in [-0.25, -0.2) is 0 Å². The standard InChI is InChI=1S/C66H43NO/c1-3-15-48(16-4-1)65-61-24-10-9-22-57(61)58-38-34-53(42-62(58)66(65)49-17-5-2-6-18-49)51-20-13-21-55(41-51)67(56-37-39-60-59-23-11-12-25-63(59)68-64(60)43-56)54-35-32-46(33-36-54)45-26-28-47(29-27-45)52-31-30-44-14-7-8-19-50(44)40-52/h1-43H. The zero-order chi connectivity index (χ0) is 45.0. The third-order valence-electron chi connectivity index (χ3n) is 13.6. The molecule has 0 bridgehead atoms. The van der Waals surface area contributed by atoms with Crippen molar-refractivity contribution >= 4 is 71.3 Å². The van der Waals surface area contributed by atoms with Crippen LogP contribution in [0.4, 0.5) is 17.1 Å². The van der Waals surface area contributed by atoms with Crippen molar-refractivity contribution in [2.45, 2.75) is 0 Å². The molecule has 1 heterocycles. The fourth-order valence-electron chi connectivity index (χ4n) is 10.3. The minimum atomic E-state index is 0.859. The van der Waals surface area contributed by atoms with Crippen LogP contribution in [-0.4, -0.2) is 0 Å². The Morgan fingerprint density at radius 1 is 0.221 bits per heavy atom. The average Bonchev–Trinajstić information content (AvgIpc) is 3.79. The van der Waals surface area contributed by atoms with Crippen molar-refractivity contribution in [1.82, 2.24) is 0 Å². The van der Waals surface area contributed by atoms with Crippen LogP contribution in [0.2, 0.25) is 0 Å². The van der Waals surface area contributed by atoms with Crippen molar-refractivity contribution in [3.63, 3.8) is 0 Å². The van der Waals surface area contributed by atoms with E-state index in [1.165, 1.54) is 71.3 Å². The van der Waals surface area contributed by atoms with Gasteiger partial charge in [0.05, 0.1) is 0 Å². The van der Waals surface area contributed by atoms with Gasteiger partial charge in [0, 0.05) is 33.9 Å². The van der Waals surface area contributed by atoms with Gasteiger partial charge in [0.1, 0.15) is 11.2 Å². The van der Waals surface area contributed by atoms with Crippen LogP contribution in [0.3, 0.4) is 0 Å². The van der Waals surface area contributed by atoms with Crippen molar-refractivity contribution in [2.24, 2.45) is 0 Å². The van der Waals surface area contributed by atoms with E-state index in [4.69, 9.17) is 4.42 Å². The Kier molecular flexibility index (Phi) is 9.54. The van der Waals surface area contributed by atoms with E-state index in [9.17, 15) is 0 Å². The number of fused-ring (bicyclic) bond motifs is 7. The van der Waals surface area contributed by atoms with Crippen molar-refractivity contribution in [1.29, 1.82) is 0 Å². The first-order chi connectivity index (χ1) is 33.7. The van der Waals surface area contributed by atoms with Crippen LogP contribution in [0, 0.1) is 0 Å². The molecule has 0 aliphatic carbocycles. The smallest absolute Gasteiger partial charge is 0.137 e. The van der Waals surface area contributed by atoms with Crippen LogP contribution in [0.15, 0.2) is 265 Å². The van der Waals surface area contributed by atoms with E-state index in [0.29, 0.717) is 0 Å². The summed E-state index contributed by atoms with van der Waals surface area (Å²) >= 11 is 0. The molecule has 0 N–H and O–H groups in total. The van der Waals surface area contributed by atoms with E-state index >= 15 is 0 Å². The summed E-state index contributed by atoms with van der Waals surface area (Å²) in [4.78, 5) is 2.35. The minimum Gasteiger partial charge on any atom is -0.456 e. The number of nitrogens with zero attached hydrogens (tertiary/aromatic N) is 1. The molecule has 68 heavy (non-hydrogen) atoms. The third-order valence-corrected chi connectivity index (χ3v) is 13.6. The van der Waals surface area contributed by atoms with Gasteiger partial charge in [-0.15, -0.1) is 0 Å². The molecule has 2 nitrogen and oxygen atoms in total. The van der Waals surface area contributed by atoms with Crippen LogP contribution in [0.5, 0.6) is 0 Å². The van der Waals surface area contributed by atoms with E-state index in [2.05, 4.69) is 254 Å². The molecule has 0 fully saturated rings. The zero-order valence-electron chi connectivity index (χ0n) is 37.2. The van der Waals surface area contributed by atoms with E-state index < -0.39 is 0 Å². The molecule has 0 saturated carbocycles. The number of para-hydroxylation sites is 1. The normalized spacial score (nSPS) is 11.5. The molecule has 0 amide bonds. The van der Waals surface area contributed by atoms with Crippen molar-refractivity contribution in [2.75, 3.05) is 4.90 Å². The first-order valence-corrected chi connectivity index (χ1v) is 23.3. The second kappa shape index (κ2) is 16.5. The second-order valence-corrected chi connectivity index (χ2v) is 17.6. The molecule has 0 atom stereocenters. The number of hydrogen-bond acceptors (Lipinski definition) is 2. The quantitative estimate of drug-likeness (QED) is 0.142. The van der Waals surface area contributed by atoms with Crippen molar-refractivity contribution in [3.8, 4) is 55.6 Å². The summed E-state index contributed by atoms with van der Waals surface area (Å²) in [5.74, 6) is 0. The van der Waals surface area contributed by atoms with Crippen LogP contribution >= 0.6 is 0 Å². The molecular weight excluding hydrogens is 823 g/mol. The molecule has 13 aromatic rings. The lowest BCUT2D eigenvalue weighted by Crippen LogP contribution is -2.10. The van der Waals surface area contributed by atoms with Gasteiger partial charge in [-0.2, -0.15) is 0 Å². The van der Waals surface area contributed by atoms with Gasteiger partial charge in [0.15, 0.2) is 0 Å². The van der Waals surface area contributed by atoms with Crippen LogP contribution in [-0.2, 0) is 0 Å². The fourth-order valence-corrected chi connectivity index (χ4v) is 10.3. The Bertz CT molecular complexity index is 4000. The van der Waals surface area contributed by atoms with Gasteiger partial charge >= 0.3 is 0 Å². The summed E-state index contributed by atoms with van der Waals surface area (Å²) < 4.78 is 6.48. The molecule has 0 aliphatic rings. The molecule has 318 valence electrons. The van der Waals surface area contributed by atoms with Crippen LogP contribution in [0.25, 0.3) is 110 Å². The lowest BCUT2D eigenvalue weighted by molar-refractivity contribution is 0.669. The number of furan rings is 1.